The van der Waals surface area contributed by atoms with Crippen LogP contribution in [0.4, 0.5) is 13.2 Å². The number of hydrogen-bond acceptors (Lipinski definition) is 3. The number of halogens is 4. The molecule has 0 fully saturated rings. The van der Waals surface area contributed by atoms with E-state index in [1.54, 1.807) is 35.8 Å². The predicted octanol–water partition coefficient (Wildman–Crippen LogP) is 4.67. The standard InChI is InChI=1S/C18H16ClF3N2O2/c1-11(25)9-24-15-7-6-12(18(20,21)22)8-14(15)23-17(24)10-26-16-5-3-2-4-13(16)19/h2-8,11,25H,9-10H2,1H3. The van der Waals surface area contributed by atoms with Crippen LogP contribution in [0, 0.1) is 0 Å². The molecule has 138 valence electrons. The minimum Gasteiger partial charge on any atom is -0.484 e. The number of imidazole rings is 1. The molecular formula is C18H16ClF3N2O2. The van der Waals surface area contributed by atoms with E-state index < -0.39 is 17.8 Å². The number of aliphatic hydroxyl groups excluding tert-OH is 1. The van der Waals surface area contributed by atoms with Crippen LogP contribution in [0.25, 0.3) is 11.0 Å². The molecule has 0 saturated carbocycles. The molecule has 1 aromatic heterocycles. The first-order valence-electron chi connectivity index (χ1n) is 7.87. The Hall–Kier alpha value is -2.25. The van der Waals surface area contributed by atoms with Crippen LogP contribution in [-0.4, -0.2) is 20.8 Å². The minimum atomic E-state index is -4.45. The molecule has 1 N–H and O–H groups in total. The topological polar surface area (TPSA) is 47.3 Å². The lowest BCUT2D eigenvalue weighted by Gasteiger charge is -2.13. The molecule has 1 heterocycles. The van der Waals surface area contributed by atoms with E-state index in [-0.39, 0.29) is 18.7 Å². The van der Waals surface area contributed by atoms with Gasteiger partial charge in [-0.2, -0.15) is 13.2 Å². The Morgan fingerprint density at radius 2 is 1.96 bits per heavy atom. The molecule has 0 radical (unpaired) electrons. The van der Waals surface area contributed by atoms with E-state index >= 15 is 0 Å². The van der Waals surface area contributed by atoms with Crippen molar-refractivity contribution in [1.29, 1.82) is 0 Å². The van der Waals surface area contributed by atoms with E-state index in [4.69, 9.17) is 16.3 Å². The van der Waals surface area contributed by atoms with Crippen molar-refractivity contribution in [3.05, 3.63) is 58.9 Å². The third kappa shape index (κ3) is 3.94. The van der Waals surface area contributed by atoms with Gasteiger partial charge in [0.05, 0.1) is 34.3 Å². The van der Waals surface area contributed by atoms with E-state index in [0.717, 1.165) is 12.1 Å². The van der Waals surface area contributed by atoms with Gasteiger partial charge in [0, 0.05) is 0 Å². The number of aromatic nitrogens is 2. The Morgan fingerprint density at radius 3 is 2.62 bits per heavy atom. The summed E-state index contributed by atoms with van der Waals surface area (Å²) >= 11 is 6.05. The zero-order chi connectivity index (χ0) is 18.9. The van der Waals surface area contributed by atoms with Gasteiger partial charge >= 0.3 is 6.18 Å². The fourth-order valence-electron chi connectivity index (χ4n) is 2.64. The zero-order valence-corrected chi connectivity index (χ0v) is 14.6. The summed E-state index contributed by atoms with van der Waals surface area (Å²) in [5.41, 5.74) is -0.0832. The SMILES string of the molecule is CC(O)Cn1c(COc2ccccc2Cl)nc2cc(C(F)(F)F)ccc21. The molecule has 2 aromatic carbocycles. The van der Waals surface area contributed by atoms with E-state index in [2.05, 4.69) is 4.98 Å². The highest BCUT2D eigenvalue weighted by molar-refractivity contribution is 6.32. The molecule has 0 bridgehead atoms. The van der Waals surface area contributed by atoms with Crippen molar-refractivity contribution >= 4 is 22.6 Å². The maximum atomic E-state index is 12.9. The number of aliphatic hydroxyl groups is 1. The lowest BCUT2D eigenvalue weighted by atomic mass is 10.2. The molecule has 0 amide bonds. The van der Waals surface area contributed by atoms with Gasteiger partial charge in [0.2, 0.25) is 0 Å². The number of benzene rings is 2. The molecule has 0 spiro atoms. The Balaban J connectivity index is 1.98. The summed E-state index contributed by atoms with van der Waals surface area (Å²) in [6, 6.07) is 10.2. The number of ether oxygens (including phenoxy) is 1. The molecule has 3 aromatic rings. The van der Waals surface area contributed by atoms with Crippen molar-refractivity contribution in [2.75, 3.05) is 0 Å². The lowest BCUT2D eigenvalue weighted by molar-refractivity contribution is -0.137. The molecule has 26 heavy (non-hydrogen) atoms. The van der Waals surface area contributed by atoms with Crippen LogP contribution < -0.4 is 4.74 Å². The predicted molar refractivity (Wildman–Crippen MR) is 92.2 cm³/mol. The second-order valence-electron chi connectivity index (χ2n) is 5.91. The second-order valence-corrected chi connectivity index (χ2v) is 6.32. The van der Waals surface area contributed by atoms with E-state index in [9.17, 15) is 18.3 Å². The highest BCUT2D eigenvalue weighted by Gasteiger charge is 2.31. The first-order valence-corrected chi connectivity index (χ1v) is 8.25. The van der Waals surface area contributed by atoms with Gasteiger partial charge in [0.25, 0.3) is 0 Å². The van der Waals surface area contributed by atoms with Crippen molar-refractivity contribution in [2.45, 2.75) is 32.4 Å². The maximum Gasteiger partial charge on any atom is 0.416 e. The molecule has 3 rings (SSSR count). The Bertz CT molecular complexity index is 922. The minimum absolute atomic E-state index is 0.00643. The van der Waals surface area contributed by atoms with Gasteiger partial charge in [-0.1, -0.05) is 23.7 Å². The van der Waals surface area contributed by atoms with Gasteiger partial charge in [-0.25, -0.2) is 4.98 Å². The fourth-order valence-corrected chi connectivity index (χ4v) is 2.83. The largest absolute Gasteiger partial charge is 0.484 e. The van der Waals surface area contributed by atoms with Gasteiger partial charge in [0.1, 0.15) is 18.2 Å². The fraction of sp³-hybridized carbons (Fsp3) is 0.278. The van der Waals surface area contributed by atoms with Crippen LogP contribution in [0.1, 0.15) is 18.3 Å². The van der Waals surface area contributed by atoms with Crippen molar-refractivity contribution in [3.63, 3.8) is 0 Å². The highest BCUT2D eigenvalue weighted by Crippen LogP contribution is 2.32. The Kier molecular flexibility index (Phi) is 5.11. The van der Waals surface area contributed by atoms with Gasteiger partial charge in [0.15, 0.2) is 0 Å². The molecule has 0 aliphatic carbocycles. The van der Waals surface area contributed by atoms with Gasteiger partial charge in [-0.05, 0) is 37.3 Å². The first-order chi connectivity index (χ1) is 12.3. The summed E-state index contributed by atoms with van der Waals surface area (Å²) in [6.07, 6.45) is -5.15. The van der Waals surface area contributed by atoms with Crippen LogP contribution in [0.5, 0.6) is 5.75 Å². The van der Waals surface area contributed by atoms with Gasteiger partial charge < -0.3 is 14.4 Å². The Labute approximate surface area is 152 Å². The number of alkyl halides is 3. The van der Waals surface area contributed by atoms with Crippen LogP contribution in [0.15, 0.2) is 42.5 Å². The van der Waals surface area contributed by atoms with Crippen LogP contribution >= 0.6 is 11.6 Å². The summed E-state index contributed by atoms with van der Waals surface area (Å²) in [5.74, 6) is 0.848. The van der Waals surface area contributed by atoms with Crippen molar-refractivity contribution < 1.29 is 23.0 Å². The second kappa shape index (κ2) is 7.17. The van der Waals surface area contributed by atoms with Crippen molar-refractivity contribution in [2.24, 2.45) is 0 Å². The van der Waals surface area contributed by atoms with E-state index in [0.29, 0.717) is 22.1 Å². The summed E-state index contributed by atoms with van der Waals surface area (Å²) in [7, 11) is 0. The molecule has 8 heteroatoms. The van der Waals surface area contributed by atoms with E-state index in [1.165, 1.54) is 6.07 Å². The summed E-state index contributed by atoms with van der Waals surface area (Å²) < 4.78 is 46.1. The zero-order valence-electron chi connectivity index (χ0n) is 13.8. The molecule has 4 nitrogen and oxygen atoms in total. The lowest BCUT2D eigenvalue weighted by Crippen LogP contribution is -2.15. The third-order valence-corrected chi connectivity index (χ3v) is 4.11. The van der Waals surface area contributed by atoms with Crippen LogP contribution in [0.2, 0.25) is 5.02 Å². The molecule has 0 aliphatic heterocycles. The smallest absolute Gasteiger partial charge is 0.416 e. The highest BCUT2D eigenvalue weighted by atomic mass is 35.5. The van der Waals surface area contributed by atoms with Crippen LogP contribution in [-0.2, 0) is 19.3 Å². The molecule has 1 unspecified atom stereocenters. The normalized spacial score (nSPS) is 13.2. The van der Waals surface area contributed by atoms with E-state index in [1.807, 2.05) is 0 Å². The number of rotatable bonds is 5. The molecule has 0 saturated heterocycles. The number of para-hydroxylation sites is 1. The number of hydrogen-bond donors (Lipinski definition) is 1. The average Bonchev–Trinajstić information content (AvgIpc) is 2.90. The molecular weight excluding hydrogens is 369 g/mol. The number of fused-ring (bicyclic) bond motifs is 1. The first kappa shape index (κ1) is 18.5. The number of nitrogens with zero attached hydrogens (tertiary/aromatic N) is 2. The van der Waals surface area contributed by atoms with Gasteiger partial charge in [-0.3, -0.25) is 0 Å². The molecule has 1 atom stereocenters. The summed E-state index contributed by atoms with van der Waals surface area (Å²) in [4.78, 5) is 4.27. The summed E-state index contributed by atoms with van der Waals surface area (Å²) in [5, 5.41) is 10.2. The molecule has 0 aliphatic rings. The maximum absolute atomic E-state index is 12.9. The Morgan fingerprint density at radius 1 is 1.23 bits per heavy atom. The third-order valence-electron chi connectivity index (χ3n) is 3.79. The summed E-state index contributed by atoms with van der Waals surface area (Å²) in [6.45, 7) is 1.78. The average molecular weight is 385 g/mol. The van der Waals surface area contributed by atoms with Crippen molar-refractivity contribution in [1.82, 2.24) is 9.55 Å². The monoisotopic (exact) mass is 384 g/mol. The van der Waals surface area contributed by atoms with Crippen LogP contribution in [0.3, 0.4) is 0 Å². The van der Waals surface area contributed by atoms with Gasteiger partial charge in [-0.15, -0.1) is 0 Å². The quantitative estimate of drug-likeness (QED) is 0.695. The van der Waals surface area contributed by atoms with Crippen molar-refractivity contribution in [3.8, 4) is 5.75 Å².